The second-order valence-corrected chi connectivity index (χ2v) is 5.38. The molecule has 0 bridgehead atoms. The van der Waals surface area contributed by atoms with Gasteiger partial charge in [0.1, 0.15) is 11.4 Å². The molecular formula is C16H15ClO. The van der Waals surface area contributed by atoms with E-state index >= 15 is 0 Å². The first-order chi connectivity index (χ1) is 8.70. The number of halogens is 1. The van der Waals surface area contributed by atoms with Crippen molar-refractivity contribution in [1.29, 1.82) is 0 Å². The van der Waals surface area contributed by atoms with Crippen LogP contribution in [0.4, 0.5) is 0 Å². The van der Waals surface area contributed by atoms with E-state index in [1.54, 1.807) is 0 Å². The number of hydrogen-bond acceptors (Lipinski definition) is 1. The highest BCUT2D eigenvalue weighted by Crippen LogP contribution is 2.41. The fraction of sp³-hybridized carbons (Fsp3) is 0.250. The molecule has 92 valence electrons. The van der Waals surface area contributed by atoms with E-state index in [0.29, 0.717) is 0 Å². The van der Waals surface area contributed by atoms with E-state index in [1.807, 2.05) is 36.4 Å². The van der Waals surface area contributed by atoms with Crippen LogP contribution < -0.4 is 4.74 Å². The first kappa shape index (κ1) is 11.6. The summed E-state index contributed by atoms with van der Waals surface area (Å²) < 4.78 is 6.19. The van der Waals surface area contributed by atoms with E-state index in [4.69, 9.17) is 16.3 Å². The normalized spacial score (nSPS) is 26.2. The number of fused-ring (bicyclic) bond motifs is 1. The minimum atomic E-state index is -0.461. The molecule has 2 aromatic carbocycles. The second-order valence-electron chi connectivity index (χ2n) is 4.85. The van der Waals surface area contributed by atoms with Crippen LogP contribution in [0.2, 0.25) is 0 Å². The van der Waals surface area contributed by atoms with Gasteiger partial charge in [-0.05, 0) is 30.5 Å². The number of ether oxygens (including phenoxy) is 1. The summed E-state index contributed by atoms with van der Waals surface area (Å²) in [4.78, 5) is 0. The van der Waals surface area contributed by atoms with Crippen LogP contribution in [0.1, 0.15) is 18.1 Å². The Labute approximate surface area is 112 Å². The lowest BCUT2D eigenvalue weighted by Gasteiger charge is -2.40. The summed E-state index contributed by atoms with van der Waals surface area (Å²) in [5.41, 5.74) is 1.85. The minimum Gasteiger partial charge on any atom is -0.481 e. The average Bonchev–Trinajstić information content (AvgIpc) is 2.41. The molecule has 1 nitrogen and oxygen atoms in total. The molecule has 0 saturated carbocycles. The van der Waals surface area contributed by atoms with Gasteiger partial charge in [-0.25, -0.2) is 0 Å². The first-order valence-corrected chi connectivity index (χ1v) is 6.60. The highest BCUT2D eigenvalue weighted by Gasteiger charge is 2.41. The zero-order chi connectivity index (χ0) is 12.6. The van der Waals surface area contributed by atoms with Gasteiger partial charge in [0.15, 0.2) is 0 Å². The number of hydrogen-bond donors (Lipinski definition) is 0. The molecule has 2 aromatic rings. The molecule has 1 aliphatic heterocycles. The molecule has 1 heterocycles. The molecule has 0 amide bonds. The van der Waals surface area contributed by atoms with Gasteiger partial charge in [0.05, 0.1) is 5.38 Å². The van der Waals surface area contributed by atoms with Crippen LogP contribution >= 0.6 is 11.6 Å². The minimum absolute atomic E-state index is 0.0604. The quantitative estimate of drug-likeness (QED) is 0.699. The number of para-hydroxylation sites is 1. The third-order valence-corrected chi connectivity index (χ3v) is 4.21. The van der Waals surface area contributed by atoms with Gasteiger partial charge in [-0.1, -0.05) is 48.5 Å². The molecule has 0 aliphatic carbocycles. The number of alkyl halides is 1. The van der Waals surface area contributed by atoms with Gasteiger partial charge in [-0.3, -0.25) is 0 Å². The summed E-state index contributed by atoms with van der Waals surface area (Å²) in [6, 6.07) is 18.3. The summed E-state index contributed by atoms with van der Waals surface area (Å²) in [6.07, 6.45) is 0.836. The van der Waals surface area contributed by atoms with Crippen LogP contribution in [-0.2, 0) is 12.0 Å². The highest BCUT2D eigenvalue weighted by molar-refractivity contribution is 6.21. The van der Waals surface area contributed by atoms with Crippen molar-refractivity contribution < 1.29 is 4.74 Å². The molecule has 1 aliphatic rings. The third-order valence-electron chi connectivity index (χ3n) is 3.64. The molecule has 2 atom stereocenters. The Balaban J connectivity index is 2.05. The molecule has 0 spiro atoms. The predicted molar refractivity (Wildman–Crippen MR) is 74.2 cm³/mol. The molecule has 3 rings (SSSR count). The Morgan fingerprint density at radius 3 is 2.50 bits per heavy atom. The summed E-state index contributed by atoms with van der Waals surface area (Å²) in [7, 11) is 0. The van der Waals surface area contributed by atoms with Gasteiger partial charge >= 0.3 is 0 Å². The fourth-order valence-electron chi connectivity index (χ4n) is 2.46. The lowest BCUT2D eigenvalue weighted by molar-refractivity contribution is 0.0670. The van der Waals surface area contributed by atoms with Crippen molar-refractivity contribution in [3.63, 3.8) is 0 Å². The number of benzene rings is 2. The SMILES string of the molecule is CC1(c2ccccc2)Oc2ccccc2CC1Cl. The molecule has 2 heteroatoms. The fourth-order valence-corrected chi connectivity index (χ4v) is 2.80. The van der Waals surface area contributed by atoms with Crippen molar-refractivity contribution in [3.8, 4) is 5.75 Å². The lowest BCUT2D eigenvalue weighted by Crippen LogP contribution is -2.43. The van der Waals surface area contributed by atoms with Crippen LogP contribution in [0.3, 0.4) is 0 Å². The Morgan fingerprint density at radius 2 is 1.72 bits per heavy atom. The van der Waals surface area contributed by atoms with Gasteiger partial charge in [0.2, 0.25) is 0 Å². The van der Waals surface area contributed by atoms with Crippen molar-refractivity contribution in [3.05, 3.63) is 65.7 Å². The largest absolute Gasteiger partial charge is 0.481 e. The van der Waals surface area contributed by atoms with E-state index in [2.05, 4.69) is 25.1 Å². The molecular weight excluding hydrogens is 244 g/mol. The summed E-state index contributed by atoms with van der Waals surface area (Å²) >= 11 is 6.56. The molecule has 18 heavy (non-hydrogen) atoms. The van der Waals surface area contributed by atoms with Crippen molar-refractivity contribution in [2.75, 3.05) is 0 Å². The molecule has 0 fully saturated rings. The third kappa shape index (κ3) is 1.79. The topological polar surface area (TPSA) is 9.23 Å². The van der Waals surface area contributed by atoms with E-state index < -0.39 is 5.60 Å². The molecule has 0 saturated heterocycles. The van der Waals surface area contributed by atoms with Crippen LogP contribution in [0.15, 0.2) is 54.6 Å². The summed E-state index contributed by atoms with van der Waals surface area (Å²) in [5, 5.41) is -0.0604. The maximum Gasteiger partial charge on any atom is 0.148 e. The van der Waals surface area contributed by atoms with Crippen LogP contribution in [0.25, 0.3) is 0 Å². The Morgan fingerprint density at radius 1 is 1.06 bits per heavy atom. The molecule has 0 N–H and O–H groups in total. The Bertz CT molecular complexity index is 552. The Hall–Kier alpha value is -1.47. The van der Waals surface area contributed by atoms with Gasteiger partial charge in [0.25, 0.3) is 0 Å². The zero-order valence-electron chi connectivity index (χ0n) is 10.3. The molecule has 0 radical (unpaired) electrons. The van der Waals surface area contributed by atoms with E-state index in [1.165, 1.54) is 5.56 Å². The van der Waals surface area contributed by atoms with Gasteiger partial charge in [-0.15, -0.1) is 11.6 Å². The monoisotopic (exact) mass is 258 g/mol. The molecule has 0 aromatic heterocycles. The van der Waals surface area contributed by atoms with Crippen molar-refractivity contribution in [2.24, 2.45) is 0 Å². The van der Waals surface area contributed by atoms with Gasteiger partial charge in [0, 0.05) is 0 Å². The van der Waals surface area contributed by atoms with E-state index in [-0.39, 0.29) is 5.38 Å². The van der Waals surface area contributed by atoms with Crippen molar-refractivity contribution in [2.45, 2.75) is 24.3 Å². The first-order valence-electron chi connectivity index (χ1n) is 6.16. The van der Waals surface area contributed by atoms with Crippen molar-refractivity contribution in [1.82, 2.24) is 0 Å². The maximum absolute atomic E-state index is 6.56. The lowest BCUT2D eigenvalue weighted by atomic mass is 9.86. The van der Waals surface area contributed by atoms with E-state index in [9.17, 15) is 0 Å². The summed E-state index contributed by atoms with van der Waals surface area (Å²) in [5.74, 6) is 0.945. The van der Waals surface area contributed by atoms with Crippen molar-refractivity contribution >= 4 is 11.6 Å². The van der Waals surface area contributed by atoms with Crippen LogP contribution in [0, 0.1) is 0 Å². The maximum atomic E-state index is 6.56. The standard InChI is InChI=1S/C16H15ClO/c1-16(13-8-3-2-4-9-13)15(17)11-12-7-5-6-10-14(12)18-16/h2-10,15H,11H2,1H3. The van der Waals surface area contributed by atoms with Gasteiger partial charge < -0.3 is 4.74 Å². The Kier molecular flexibility index (Phi) is 2.79. The van der Waals surface area contributed by atoms with Crippen LogP contribution in [-0.4, -0.2) is 5.38 Å². The van der Waals surface area contributed by atoms with Gasteiger partial charge in [-0.2, -0.15) is 0 Å². The zero-order valence-corrected chi connectivity index (χ0v) is 11.0. The average molecular weight is 259 g/mol. The summed E-state index contributed by atoms with van der Waals surface area (Å²) in [6.45, 7) is 2.07. The molecule has 2 unspecified atom stereocenters. The van der Waals surface area contributed by atoms with E-state index in [0.717, 1.165) is 17.7 Å². The second kappa shape index (κ2) is 4.33. The van der Waals surface area contributed by atoms with Crippen LogP contribution in [0.5, 0.6) is 5.75 Å². The highest BCUT2D eigenvalue weighted by atomic mass is 35.5. The predicted octanol–water partition coefficient (Wildman–Crippen LogP) is 4.14. The smallest absolute Gasteiger partial charge is 0.148 e. The number of rotatable bonds is 1.